The van der Waals surface area contributed by atoms with E-state index in [1.54, 1.807) is 0 Å². The summed E-state index contributed by atoms with van der Waals surface area (Å²) in [5, 5.41) is 1.41. The molecule has 3 unspecified atom stereocenters. The molecule has 0 saturated heterocycles. The molecule has 3 heteroatoms. The van der Waals surface area contributed by atoms with Crippen LogP contribution in [0.25, 0.3) is 19.5 Å². The van der Waals surface area contributed by atoms with Crippen LogP contribution in [0.2, 0.25) is 0 Å². The van der Waals surface area contributed by atoms with Crippen LogP contribution in [0.1, 0.15) is 135 Å². The van der Waals surface area contributed by atoms with Crippen LogP contribution in [-0.4, -0.2) is 0 Å². The zero-order valence-corrected chi connectivity index (χ0v) is 34.8. The van der Waals surface area contributed by atoms with Crippen LogP contribution < -0.4 is 4.90 Å². The zero-order chi connectivity index (χ0) is 36.9. The summed E-state index contributed by atoms with van der Waals surface area (Å²) in [6, 6.07) is 37.7. The van der Waals surface area contributed by atoms with Gasteiger partial charge in [0.1, 0.15) is 0 Å². The van der Waals surface area contributed by atoms with Crippen LogP contribution in [0, 0.1) is 0 Å². The smallest absolute Gasteiger partial charge is 0.0532 e. The van der Waals surface area contributed by atoms with Crippen molar-refractivity contribution in [3.8, 4) is 0 Å². The number of thiophene rings is 2. The van der Waals surface area contributed by atoms with Crippen LogP contribution in [0.15, 0.2) is 97.1 Å². The predicted molar refractivity (Wildman–Crippen MR) is 230 cm³/mol. The van der Waals surface area contributed by atoms with Crippen LogP contribution >= 0.6 is 22.7 Å². The molecule has 0 aliphatic carbocycles. The Bertz CT molecular complexity index is 2100. The van der Waals surface area contributed by atoms with Crippen molar-refractivity contribution >= 4 is 59.2 Å². The summed E-state index contributed by atoms with van der Waals surface area (Å²) in [4.78, 5) is 3.89. The van der Waals surface area contributed by atoms with E-state index in [-0.39, 0.29) is 21.7 Å². The molecule has 2 heterocycles. The van der Waals surface area contributed by atoms with E-state index in [1.165, 1.54) is 63.7 Å². The van der Waals surface area contributed by atoms with Gasteiger partial charge in [0.25, 0.3) is 0 Å². The Kier molecular flexibility index (Phi) is 10.2. The van der Waals surface area contributed by atoms with Gasteiger partial charge in [0.15, 0.2) is 0 Å². The Morgan fingerprint density at radius 2 is 1.02 bits per heavy atom. The van der Waals surface area contributed by atoms with Crippen molar-refractivity contribution in [3.05, 3.63) is 124 Å². The van der Waals surface area contributed by atoms with E-state index in [4.69, 9.17) is 0 Å². The largest absolute Gasteiger partial charge is 0.311 e. The van der Waals surface area contributed by atoms with Crippen molar-refractivity contribution in [3.63, 3.8) is 0 Å². The molecule has 6 rings (SSSR count). The van der Waals surface area contributed by atoms with E-state index in [1.807, 2.05) is 22.7 Å². The van der Waals surface area contributed by atoms with Crippen molar-refractivity contribution in [2.24, 2.45) is 0 Å². The molecule has 4 aromatic carbocycles. The molecule has 0 bridgehead atoms. The lowest BCUT2D eigenvalue weighted by Gasteiger charge is -2.47. The molecular formula is C48H59NS2. The van der Waals surface area contributed by atoms with E-state index in [0.29, 0.717) is 5.92 Å². The number of benzene rings is 4. The van der Waals surface area contributed by atoms with Gasteiger partial charge in [0.2, 0.25) is 0 Å². The lowest BCUT2D eigenvalue weighted by atomic mass is 9.56. The summed E-state index contributed by atoms with van der Waals surface area (Å²) >= 11 is 3.94. The van der Waals surface area contributed by atoms with Gasteiger partial charge < -0.3 is 4.90 Å². The van der Waals surface area contributed by atoms with E-state index < -0.39 is 0 Å². The highest BCUT2D eigenvalue weighted by molar-refractivity contribution is 7.32. The van der Waals surface area contributed by atoms with Crippen LogP contribution in [0.4, 0.5) is 17.1 Å². The third kappa shape index (κ3) is 6.82. The van der Waals surface area contributed by atoms with E-state index in [9.17, 15) is 0 Å². The molecule has 0 aliphatic heterocycles. The number of hydrogen-bond donors (Lipinski definition) is 0. The second kappa shape index (κ2) is 13.9. The SMILES string of the molecule is CCC(C)c1ccc(N(c2ccc(C(C)(C)C)cc2)c2ccc(C(C)(CC)C(C)(CC)c3ccc4c(c3)sc3cc(C(C)(C)C)sc34)cc2)cc1. The maximum atomic E-state index is 2.52. The Labute approximate surface area is 316 Å². The van der Waals surface area contributed by atoms with Crippen molar-refractivity contribution < 1.29 is 0 Å². The molecule has 2 aromatic heterocycles. The second-order valence-electron chi connectivity index (χ2n) is 17.3. The van der Waals surface area contributed by atoms with Crippen molar-refractivity contribution in [2.45, 2.75) is 130 Å². The number of hydrogen-bond acceptors (Lipinski definition) is 3. The molecule has 51 heavy (non-hydrogen) atoms. The number of rotatable bonds is 10. The Morgan fingerprint density at radius 1 is 0.529 bits per heavy atom. The molecule has 0 spiro atoms. The third-order valence-electron chi connectivity index (χ3n) is 12.2. The average molecular weight is 714 g/mol. The van der Waals surface area contributed by atoms with Gasteiger partial charge in [-0.1, -0.05) is 132 Å². The summed E-state index contributed by atoms with van der Waals surface area (Å²) < 4.78 is 4.29. The molecule has 1 nitrogen and oxygen atoms in total. The standard InChI is InChI=1S/C48H59NS2/c1-13-32(4)33-16-23-37(24-17-33)49(38-25-18-34(19-26-38)45(5,6)7)39-27-20-35(21-28-39)47(11,14-2)48(12,15-3)36-22-29-40-41(30-36)50-42-31-43(46(8,9)10)51-44(40)42/h16-32H,13-15H2,1-12H3. The molecule has 3 atom stereocenters. The predicted octanol–water partition coefficient (Wildman–Crippen LogP) is 15.7. The van der Waals surface area contributed by atoms with E-state index in [2.05, 4.69) is 185 Å². The summed E-state index contributed by atoms with van der Waals surface area (Å²) in [5.74, 6) is 0.552. The topological polar surface area (TPSA) is 3.24 Å². The minimum atomic E-state index is -0.0564. The first kappa shape index (κ1) is 37.4. The lowest BCUT2D eigenvalue weighted by molar-refractivity contribution is 0.235. The molecule has 6 aromatic rings. The lowest BCUT2D eigenvalue weighted by Crippen LogP contribution is -2.44. The number of anilines is 3. The zero-order valence-electron chi connectivity index (χ0n) is 33.2. The average Bonchev–Trinajstić information content (AvgIpc) is 3.70. The maximum absolute atomic E-state index is 2.52. The third-order valence-corrected chi connectivity index (χ3v) is 15.1. The van der Waals surface area contributed by atoms with Crippen LogP contribution in [0.3, 0.4) is 0 Å². The Hall–Kier alpha value is -3.40. The van der Waals surface area contributed by atoms with Crippen LogP contribution in [0.5, 0.6) is 0 Å². The van der Waals surface area contributed by atoms with E-state index in [0.717, 1.165) is 19.3 Å². The monoisotopic (exact) mass is 713 g/mol. The second-order valence-corrected chi connectivity index (χ2v) is 19.5. The first-order valence-corrected chi connectivity index (χ1v) is 20.8. The van der Waals surface area contributed by atoms with Gasteiger partial charge in [0, 0.05) is 47.6 Å². The summed E-state index contributed by atoms with van der Waals surface area (Å²) in [6.45, 7) is 28.1. The summed E-state index contributed by atoms with van der Waals surface area (Å²) in [5.41, 5.74) is 9.34. The Morgan fingerprint density at radius 3 is 1.51 bits per heavy atom. The molecule has 268 valence electrons. The summed E-state index contributed by atoms with van der Waals surface area (Å²) in [7, 11) is 0. The van der Waals surface area contributed by atoms with Gasteiger partial charge in [-0.05, 0) is 107 Å². The summed E-state index contributed by atoms with van der Waals surface area (Å²) in [6.07, 6.45) is 3.26. The highest BCUT2D eigenvalue weighted by Gasteiger charge is 2.44. The molecule has 0 fully saturated rings. The van der Waals surface area contributed by atoms with Crippen LogP contribution in [-0.2, 0) is 21.7 Å². The van der Waals surface area contributed by atoms with Gasteiger partial charge in [-0.15, -0.1) is 22.7 Å². The van der Waals surface area contributed by atoms with Gasteiger partial charge in [-0.25, -0.2) is 0 Å². The molecular weight excluding hydrogens is 655 g/mol. The quantitative estimate of drug-likeness (QED) is 0.137. The van der Waals surface area contributed by atoms with Crippen molar-refractivity contribution in [1.82, 2.24) is 0 Å². The highest BCUT2D eigenvalue weighted by atomic mass is 32.1. The van der Waals surface area contributed by atoms with Gasteiger partial charge >= 0.3 is 0 Å². The number of fused-ring (bicyclic) bond motifs is 3. The normalized spacial score (nSPS) is 15.5. The van der Waals surface area contributed by atoms with E-state index >= 15 is 0 Å². The molecule has 0 saturated carbocycles. The molecule has 0 radical (unpaired) electrons. The minimum Gasteiger partial charge on any atom is -0.311 e. The fourth-order valence-corrected chi connectivity index (χ4v) is 10.4. The molecule has 0 aliphatic rings. The fraction of sp³-hybridized carbons (Fsp3) is 0.417. The van der Waals surface area contributed by atoms with Crippen molar-refractivity contribution in [1.29, 1.82) is 0 Å². The first-order valence-electron chi connectivity index (χ1n) is 19.1. The van der Waals surface area contributed by atoms with Gasteiger partial charge in [0.05, 0.1) is 4.70 Å². The van der Waals surface area contributed by atoms with Crippen molar-refractivity contribution in [2.75, 3.05) is 4.90 Å². The first-order chi connectivity index (χ1) is 24.0. The maximum Gasteiger partial charge on any atom is 0.0532 e. The highest BCUT2D eigenvalue weighted by Crippen LogP contribution is 2.51. The van der Waals surface area contributed by atoms with Gasteiger partial charge in [-0.3, -0.25) is 0 Å². The molecule has 0 amide bonds. The Balaban J connectivity index is 1.39. The minimum absolute atomic E-state index is 0.0419. The fourth-order valence-electron chi connectivity index (χ4n) is 7.81. The van der Waals surface area contributed by atoms with Gasteiger partial charge in [-0.2, -0.15) is 0 Å². The molecule has 0 N–H and O–H groups in total. The number of nitrogens with zero attached hydrogens (tertiary/aromatic N) is 1.